The van der Waals surface area contributed by atoms with E-state index < -0.39 is 10.2 Å². The Kier molecular flexibility index (Phi) is 6.59. The van der Waals surface area contributed by atoms with Crippen LogP contribution in [0.15, 0.2) is 0 Å². The molecule has 1 aliphatic rings. The van der Waals surface area contributed by atoms with E-state index in [4.69, 9.17) is 0 Å². The van der Waals surface area contributed by atoms with Crippen molar-refractivity contribution in [3.8, 4) is 0 Å². The van der Waals surface area contributed by atoms with E-state index in [-0.39, 0.29) is 18.5 Å². The van der Waals surface area contributed by atoms with Crippen molar-refractivity contribution < 1.29 is 13.2 Å². The van der Waals surface area contributed by atoms with E-state index in [0.717, 1.165) is 32.1 Å². The predicted octanol–water partition coefficient (Wildman–Crippen LogP) is 0.269. The maximum absolute atomic E-state index is 11.6. The Hall–Kier alpha value is -0.660. The Morgan fingerprint density at radius 2 is 1.83 bits per heavy atom. The van der Waals surface area contributed by atoms with E-state index in [1.807, 2.05) is 6.92 Å². The molecule has 3 N–H and O–H groups in total. The Morgan fingerprint density at radius 1 is 1.17 bits per heavy atom. The summed E-state index contributed by atoms with van der Waals surface area (Å²) in [5.41, 5.74) is 0. The number of hydrogen-bond acceptors (Lipinski definition) is 3. The number of rotatable bonds is 7. The fourth-order valence-corrected chi connectivity index (χ4v) is 2.87. The molecule has 0 unspecified atom stereocenters. The van der Waals surface area contributed by atoms with E-state index >= 15 is 0 Å². The lowest BCUT2D eigenvalue weighted by atomic mass is 9.95. The highest BCUT2D eigenvalue weighted by Gasteiger charge is 2.17. The summed E-state index contributed by atoms with van der Waals surface area (Å²) in [6, 6.07) is 0.208. The van der Waals surface area contributed by atoms with E-state index in [9.17, 15) is 13.2 Å². The first-order valence-electron chi connectivity index (χ1n) is 6.57. The Morgan fingerprint density at radius 3 is 2.44 bits per heavy atom. The molecular weight excluding hydrogens is 254 g/mol. The number of nitrogens with one attached hydrogen (secondary N) is 3. The smallest absolute Gasteiger partial charge is 0.277 e. The van der Waals surface area contributed by atoms with Crippen molar-refractivity contribution in [2.75, 3.05) is 13.1 Å². The van der Waals surface area contributed by atoms with Crippen LogP contribution < -0.4 is 14.8 Å². The lowest BCUT2D eigenvalue weighted by Crippen LogP contribution is -2.45. The van der Waals surface area contributed by atoms with Crippen LogP contribution >= 0.6 is 0 Å². The SMILES string of the molecule is CCCNS(=O)(=O)NCC(=O)NC1CCCCC1. The van der Waals surface area contributed by atoms with Gasteiger partial charge in [0.25, 0.3) is 10.2 Å². The summed E-state index contributed by atoms with van der Waals surface area (Å²) in [6.07, 6.45) is 6.19. The van der Waals surface area contributed by atoms with Crippen LogP contribution in [0.5, 0.6) is 0 Å². The lowest BCUT2D eigenvalue weighted by molar-refractivity contribution is -0.120. The number of hydrogen-bond donors (Lipinski definition) is 3. The third-order valence-corrected chi connectivity index (χ3v) is 4.04. The van der Waals surface area contributed by atoms with Gasteiger partial charge in [0.1, 0.15) is 0 Å². The lowest BCUT2D eigenvalue weighted by Gasteiger charge is -2.22. The Bertz CT molecular complexity index is 351. The molecule has 0 atom stereocenters. The molecule has 1 amide bonds. The van der Waals surface area contributed by atoms with Crippen molar-refractivity contribution in [2.24, 2.45) is 0 Å². The zero-order valence-corrected chi connectivity index (χ0v) is 11.7. The molecule has 0 saturated heterocycles. The molecule has 0 bridgehead atoms. The average Bonchev–Trinajstić information content (AvgIpc) is 2.36. The van der Waals surface area contributed by atoms with Gasteiger partial charge < -0.3 is 5.32 Å². The van der Waals surface area contributed by atoms with Crippen molar-refractivity contribution in [3.05, 3.63) is 0 Å². The van der Waals surface area contributed by atoms with Gasteiger partial charge in [0, 0.05) is 12.6 Å². The maximum atomic E-state index is 11.6. The van der Waals surface area contributed by atoms with Crippen molar-refractivity contribution in [1.82, 2.24) is 14.8 Å². The Labute approximate surface area is 109 Å². The fraction of sp³-hybridized carbons (Fsp3) is 0.909. The molecule has 18 heavy (non-hydrogen) atoms. The third kappa shape index (κ3) is 6.32. The summed E-state index contributed by atoms with van der Waals surface area (Å²) >= 11 is 0. The molecule has 1 fully saturated rings. The van der Waals surface area contributed by atoms with Crippen molar-refractivity contribution in [1.29, 1.82) is 0 Å². The fourth-order valence-electron chi connectivity index (χ4n) is 1.97. The summed E-state index contributed by atoms with van der Waals surface area (Å²) in [5, 5.41) is 2.85. The minimum atomic E-state index is -3.54. The Balaban J connectivity index is 2.23. The molecule has 0 aromatic heterocycles. The molecule has 0 aromatic carbocycles. The highest BCUT2D eigenvalue weighted by molar-refractivity contribution is 7.87. The normalized spacial score (nSPS) is 17.6. The van der Waals surface area contributed by atoms with Crippen LogP contribution in [0.25, 0.3) is 0 Å². The molecule has 0 aromatic rings. The highest BCUT2D eigenvalue weighted by Crippen LogP contribution is 2.16. The van der Waals surface area contributed by atoms with Gasteiger partial charge in [0.15, 0.2) is 0 Å². The molecule has 0 spiro atoms. The molecule has 7 heteroatoms. The van der Waals surface area contributed by atoms with E-state index in [0.29, 0.717) is 6.54 Å². The van der Waals surface area contributed by atoms with Crippen LogP contribution in [-0.2, 0) is 15.0 Å². The summed E-state index contributed by atoms with van der Waals surface area (Å²) in [5.74, 6) is -0.260. The topological polar surface area (TPSA) is 87.3 Å². The molecule has 0 heterocycles. The van der Waals surface area contributed by atoms with E-state index in [2.05, 4.69) is 14.8 Å². The van der Waals surface area contributed by atoms with Gasteiger partial charge >= 0.3 is 0 Å². The van der Waals surface area contributed by atoms with E-state index in [1.54, 1.807) is 0 Å². The van der Waals surface area contributed by atoms with Crippen molar-refractivity contribution in [3.63, 3.8) is 0 Å². The first kappa shape index (κ1) is 15.4. The third-order valence-electron chi connectivity index (χ3n) is 2.94. The second-order valence-electron chi connectivity index (χ2n) is 4.62. The van der Waals surface area contributed by atoms with Crippen LogP contribution in [0.2, 0.25) is 0 Å². The first-order chi connectivity index (χ1) is 8.53. The first-order valence-corrected chi connectivity index (χ1v) is 8.05. The second kappa shape index (κ2) is 7.70. The van der Waals surface area contributed by atoms with Crippen molar-refractivity contribution in [2.45, 2.75) is 51.5 Å². The molecule has 1 saturated carbocycles. The zero-order chi connectivity index (χ0) is 13.4. The van der Waals surface area contributed by atoms with Crippen LogP contribution in [-0.4, -0.2) is 33.5 Å². The molecule has 106 valence electrons. The summed E-state index contributed by atoms with van der Waals surface area (Å²) in [4.78, 5) is 11.6. The highest BCUT2D eigenvalue weighted by atomic mass is 32.2. The molecule has 0 aliphatic heterocycles. The van der Waals surface area contributed by atoms with Crippen LogP contribution in [0, 0.1) is 0 Å². The largest absolute Gasteiger partial charge is 0.352 e. The zero-order valence-electron chi connectivity index (χ0n) is 10.9. The molecule has 1 rings (SSSR count). The molecular formula is C11H23N3O3S. The molecule has 1 aliphatic carbocycles. The number of carbonyl (C=O) groups is 1. The quantitative estimate of drug-likeness (QED) is 0.624. The summed E-state index contributed by atoms with van der Waals surface area (Å²) < 4.78 is 27.3. The standard InChI is InChI=1S/C11H23N3O3S/c1-2-8-12-18(16,17)13-9-11(15)14-10-6-4-3-5-7-10/h10,12-13H,2-9H2,1H3,(H,14,15). The average molecular weight is 277 g/mol. The van der Waals surface area contributed by atoms with Crippen LogP contribution in [0.1, 0.15) is 45.4 Å². The monoisotopic (exact) mass is 277 g/mol. The second-order valence-corrected chi connectivity index (χ2v) is 6.21. The van der Waals surface area contributed by atoms with Crippen molar-refractivity contribution >= 4 is 16.1 Å². The van der Waals surface area contributed by atoms with Gasteiger partial charge in [-0.05, 0) is 19.3 Å². The molecule has 6 nitrogen and oxygen atoms in total. The summed E-state index contributed by atoms with van der Waals surface area (Å²) in [7, 11) is -3.54. The van der Waals surface area contributed by atoms with Gasteiger partial charge in [0.2, 0.25) is 5.91 Å². The summed E-state index contributed by atoms with van der Waals surface area (Å²) in [6.45, 7) is 2.05. The van der Waals surface area contributed by atoms with Gasteiger partial charge in [-0.15, -0.1) is 0 Å². The van der Waals surface area contributed by atoms with Gasteiger partial charge in [-0.3, -0.25) is 4.79 Å². The predicted molar refractivity (Wildman–Crippen MR) is 70.2 cm³/mol. The number of amides is 1. The van der Waals surface area contributed by atoms with Gasteiger partial charge in [-0.25, -0.2) is 4.72 Å². The van der Waals surface area contributed by atoms with Gasteiger partial charge in [0.05, 0.1) is 6.54 Å². The minimum Gasteiger partial charge on any atom is -0.352 e. The molecule has 0 radical (unpaired) electrons. The van der Waals surface area contributed by atoms with Crippen LogP contribution in [0.4, 0.5) is 0 Å². The maximum Gasteiger partial charge on any atom is 0.277 e. The van der Waals surface area contributed by atoms with Gasteiger partial charge in [-0.1, -0.05) is 26.2 Å². The number of carbonyl (C=O) groups excluding carboxylic acids is 1. The van der Waals surface area contributed by atoms with Gasteiger partial charge in [-0.2, -0.15) is 13.1 Å². The van der Waals surface area contributed by atoms with Crippen LogP contribution in [0.3, 0.4) is 0 Å². The van der Waals surface area contributed by atoms with E-state index in [1.165, 1.54) is 6.42 Å². The minimum absolute atomic E-state index is 0.199.